The number of nitrogens with two attached hydrogens (primary N) is 1. The average molecular weight is 184 g/mol. The van der Waals surface area contributed by atoms with E-state index >= 15 is 0 Å². The van der Waals surface area contributed by atoms with Crippen molar-refractivity contribution in [3.63, 3.8) is 0 Å². The van der Waals surface area contributed by atoms with Crippen molar-refractivity contribution in [2.75, 3.05) is 0 Å². The zero-order valence-corrected chi connectivity index (χ0v) is 6.93. The Kier molecular flexibility index (Phi) is 2.27. The van der Waals surface area contributed by atoms with Gasteiger partial charge >= 0.3 is 5.69 Å². The quantitative estimate of drug-likeness (QED) is 0.523. The standard InChI is InChI=1S/C6H8N4O3/c1-2-9-3-4(10(12)13)5(8-9)6(7)11/h3H,2H2,1H3,(H2,7,11). The molecule has 2 N–H and O–H groups in total. The maximum absolute atomic E-state index is 10.7. The van der Waals surface area contributed by atoms with Crippen LogP contribution in [0.15, 0.2) is 6.20 Å². The predicted octanol–water partition coefficient (Wildman–Crippen LogP) is -0.0899. The molecule has 0 bridgehead atoms. The molecule has 13 heavy (non-hydrogen) atoms. The Hall–Kier alpha value is -1.92. The second-order valence-electron chi connectivity index (χ2n) is 2.34. The molecule has 0 atom stereocenters. The number of carbonyl (C=O) groups excluding carboxylic acids is 1. The number of hydrogen-bond acceptors (Lipinski definition) is 4. The van der Waals surface area contributed by atoms with Crippen molar-refractivity contribution in [1.82, 2.24) is 9.78 Å². The van der Waals surface area contributed by atoms with E-state index < -0.39 is 10.8 Å². The molecule has 0 aliphatic carbocycles. The Labute approximate surface area is 73.3 Å². The number of primary amides is 1. The van der Waals surface area contributed by atoms with E-state index in [0.717, 1.165) is 0 Å². The number of amides is 1. The van der Waals surface area contributed by atoms with Gasteiger partial charge in [0.15, 0.2) is 0 Å². The molecule has 1 heterocycles. The summed E-state index contributed by atoms with van der Waals surface area (Å²) in [6.07, 6.45) is 1.18. The lowest BCUT2D eigenvalue weighted by molar-refractivity contribution is -0.385. The van der Waals surface area contributed by atoms with Gasteiger partial charge in [0.1, 0.15) is 6.20 Å². The molecule has 0 fully saturated rings. The van der Waals surface area contributed by atoms with Gasteiger partial charge in [-0.1, -0.05) is 0 Å². The topological polar surface area (TPSA) is 104 Å². The molecule has 0 aliphatic heterocycles. The SMILES string of the molecule is CCn1cc([N+](=O)[O-])c(C(N)=O)n1. The van der Waals surface area contributed by atoms with Crippen molar-refractivity contribution in [2.45, 2.75) is 13.5 Å². The molecule has 1 aromatic rings. The first-order chi connectivity index (χ1) is 6.06. The highest BCUT2D eigenvalue weighted by Gasteiger charge is 2.22. The molecule has 1 amide bonds. The number of hydrogen-bond donors (Lipinski definition) is 1. The largest absolute Gasteiger partial charge is 0.364 e. The number of rotatable bonds is 3. The third-order valence-corrected chi connectivity index (χ3v) is 1.50. The molecule has 0 saturated heterocycles. The molecule has 0 spiro atoms. The van der Waals surface area contributed by atoms with Crippen LogP contribution in [-0.2, 0) is 6.54 Å². The van der Waals surface area contributed by atoms with Crippen LogP contribution < -0.4 is 5.73 Å². The van der Waals surface area contributed by atoms with E-state index in [9.17, 15) is 14.9 Å². The lowest BCUT2D eigenvalue weighted by Crippen LogP contribution is -2.14. The number of nitrogens with zero attached hydrogens (tertiary/aromatic N) is 3. The number of aryl methyl sites for hydroxylation is 1. The molecule has 7 heteroatoms. The first kappa shape index (κ1) is 9.17. The van der Waals surface area contributed by atoms with Crippen molar-refractivity contribution < 1.29 is 9.72 Å². The maximum Gasteiger partial charge on any atom is 0.320 e. The van der Waals surface area contributed by atoms with Crippen LogP contribution >= 0.6 is 0 Å². The summed E-state index contributed by atoms with van der Waals surface area (Å²) in [4.78, 5) is 20.4. The van der Waals surface area contributed by atoms with Crippen LogP contribution in [0, 0.1) is 10.1 Å². The first-order valence-corrected chi connectivity index (χ1v) is 3.58. The Morgan fingerprint density at radius 2 is 2.46 bits per heavy atom. The minimum absolute atomic E-state index is 0.299. The van der Waals surface area contributed by atoms with E-state index in [2.05, 4.69) is 5.10 Å². The fourth-order valence-electron chi connectivity index (χ4n) is 0.882. The maximum atomic E-state index is 10.7. The van der Waals surface area contributed by atoms with Crippen LogP contribution in [0.3, 0.4) is 0 Å². The minimum Gasteiger partial charge on any atom is -0.364 e. The Bertz CT molecular complexity index is 325. The van der Waals surface area contributed by atoms with E-state index in [4.69, 9.17) is 5.73 Å². The molecule has 1 aromatic heterocycles. The molecule has 0 saturated carbocycles. The zero-order chi connectivity index (χ0) is 10.0. The van der Waals surface area contributed by atoms with Gasteiger partial charge < -0.3 is 5.73 Å². The van der Waals surface area contributed by atoms with Crippen LogP contribution in [0.4, 0.5) is 5.69 Å². The van der Waals surface area contributed by atoms with E-state index in [-0.39, 0.29) is 11.4 Å². The van der Waals surface area contributed by atoms with Crippen molar-refractivity contribution >= 4 is 11.6 Å². The summed E-state index contributed by atoms with van der Waals surface area (Å²) in [5.41, 5.74) is 4.25. The van der Waals surface area contributed by atoms with Gasteiger partial charge in [0.25, 0.3) is 5.91 Å². The first-order valence-electron chi connectivity index (χ1n) is 3.58. The summed E-state index contributed by atoms with van der Waals surface area (Å²) in [6.45, 7) is 2.20. The van der Waals surface area contributed by atoms with Crippen LogP contribution in [-0.4, -0.2) is 20.6 Å². The van der Waals surface area contributed by atoms with E-state index in [0.29, 0.717) is 6.54 Å². The molecule has 0 aromatic carbocycles. The van der Waals surface area contributed by atoms with Crippen molar-refractivity contribution in [3.05, 3.63) is 22.0 Å². The van der Waals surface area contributed by atoms with Crippen molar-refractivity contribution in [2.24, 2.45) is 5.73 Å². The third-order valence-electron chi connectivity index (χ3n) is 1.50. The van der Waals surface area contributed by atoms with Gasteiger partial charge in [-0.05, 0) is 6.92 Å². The summed E-state index contributed by atoms with van der Waals surface area (Å²) >= 11 is 0. The van der Waals surface area contributed by atoms with E-state index in [1.807, 2.05) is 0 Å². The second-order valence-corrected chi connectivity index (χ2v) is 2.34. The van der Waals surface area contributed by atoms with Gasteiger partial charge in [-0.2, -0.15) is 5.10 Å². The molecule has 0 aliphatic rings. The summed E-state index contributed by atoms with van der Waals surface area (Å²) in [6, 6.07) is 0. The highest BCUT2D eigenvalue weighted by Crippen LogP contribution is 2.15. The number of carbonyl (C=O) groups is 1. The summed E-state index contributed by atoms with van der Waals surface area (Å²) < 4.78 is 1.29. The fourth-order valence-corrected chi connectivity index (χ4v) is 0.882. The molecular weight excluding hydrogens is 176 g/mol. The van der Waals surface area contributed by atoms with Crippen molar-refractivity contribution in [1.29, 1.82) is 0 Å². The molecule has 70 valence electrons. The minimum atomic E-state index is -0.890. The highest BCUT2D eigenvalue weighted by atomic mass is 16.6. The van der Waals surface area contributed by atoms with Gasteiger partial charge in [0, 0.05) is 6.54 Å². The molecule has 7 nitrogen and oxygen atoms in total. The second kappa shape index (κ2) is 3.21. The molecular formula is C6H8N4O3. The Morgan fingerprint density at radius 3 is 2.77 bits per heavy atom. The molecule has 0 radical (unpaired) electrons. The highest BCUT2D eigenvalue weighted by molar-refractivity contribution is 5.94. The van der Waals surface area contributed by atoms with Crippen molar-refractivity contribution in [3.8, 4) is 0 Å². The lowest BCUT2D eigenvalue weighted by atomic mass is 10.4. The summed E-state index contributed by atoms with van der Waals surface area (Å²) in [5.74, 6) is -0.890. The van der Waals surface area contributed by atoms with Crippen LogP contribution in [0.5, 0.6) is 0 Å². The van der Waals surface area contributed by atoms with Crippen LogP contribution in [0.25, 0.3) is 0 Å². The monoisotopic (exact) mass is 184 g/mol. The average Bonchev–Trinajstić information content (AvgIpc) is 2.47. The van der Waals surface area contributed by atoms with Gasteiger partial charge in [-0.15, -0.1) is 0 Å². The summed E-state index contributed by atoms with van der Waals surface area (Å²) in [7, 11) is 0. The zero-order valence-electron chi connectivity index (χ0n) is 6.93. The Balaban J connectivity index is 3.23. The van der Waals surface area contributed by atoms with E-state index in [1.165, 1.54) is 10.9 Å². The predicted molar refractivity (Wildman–Crippen MR) is 43.1 cm³/mol. The van der Waals surface area contributed by atoms with E-state index in [1.54, 1.807) is 6.92 Å². The molecule has 0 unspecified atom stereocenters. The smallest absolute Gasteiger partial charge is 0.320 e. The normalized spacial score (nSPS) is 9.92. The van der Waals surface area contributed by atoms with Gasteiger partial charge in [-0.25, -0.2) is 0 Å². The van der Waals surface area contributed by atoms with Gasteiger partial charge in [0.2, 0.25) is 5.69 Å². The number of nitro groups is 1. The summed E-state index contributed by atoms with van der Waals surface area (Å²) in [5, 5.41) is 14.0. The molecule has 1 rings (SSSR count). The van der Waals surface area contributed by atoms with Crippen LogP contribution in [0.2, 0.25) is 0 Å². The Morgan fingerprint density at radius 1 is 1.85 bits per heavy atom. The fraction of sp³-hybridized carbons (Fsp3) is 0.333. The van der Waals surface area contributed by atoms with Gasteiger partial charge in [-0.3, -0.25) is 19.6 Å². The number of aromatic nitrogens is 2. The third kappa shape index (κ3) is 1.63. The van der Waals surface area contributed by atoms with Crippen LogP contribution in [0.1, 0.15) is 17.4 Å². The van der Waals surface area contributed by atoms with Gasteiger partial charge in [0.05, 0.1) is 4.92 Å². The lowest BCUT2D eigenvalue weighted by Gasteiger charge is -1.88.